The van der Waals surface area contributed by atoms with Crippen molar-refractivity contribution >= 4 is 29.0 Å². The van der Waals surface area contributed by atoms with Crippen molar-refractivity contribution in [1.29, 1.82) is 0 Å². The monoisotopic (exact) mass is 660 g/mol. The summed E-state index contributed by atoms with van der Waals surface area (Å²) in [7, 11) is 0. The molecule has 9 nitrogen and oxygen atoms in total. The predicted octanol–water partition coefficient (Wildman–Crippen LogP) is 8.29. The summed E-state index contributed by atoms with van der Waals surface area (Å²) < 4.78 is 21.0. The Bertz CT molecular complexity index is 1770. The van der Waals surface area contributed by atoms with Crippen LogP contribution in [0.25, 0.3) is 28.0 Å². The maximum Gasteiger partial charge on any atom is 0.337 e. The molecular formula is C37H45ClN4O5. The standard InChI is InChI=1S/C37H45ClN4O5/c1-23-10-7-8-19-45-37(6)15-17-41(18-16-37)34-32(33(35(43)44)47-36(3,4)5)24(2)39-31-22-29(40-42(31)34)26-12-9-11-25(20-26)28-14-13-27(38)21-30(28)46-23/h9,11-14,20-23,33H,7-8,10,15-19H2,1-6H3,(H,43,44)/t23-,33-/m0/s1. The number of aryl methyl sites for hydroxylation is 1. The first-order valence-electron chi connectivity index (χ1n) is 16.6. The van der Waals surface area contributed by atoms with Crippen LogP contribution in [0.4, 0.5) is 5.82 Å². The normalized spacial score (nSPS) is 21.3. The largest absolute Gasteiger partial charge is 0.490 e. The van der Waals surface area contributed by atoms with Gasteiger partial charge in [0, 0.05) is 47.6 Å². The second-order valence-electron chi connectivity index (χ2n) is 14.1. The second kappa shape index (κ2) is 13.1. The van der Waals surface area contributed by atoms with Gasteiger partial charge in [0.2, 0.25) is 0 Å². The molecule has 2 atom stereocenters. The van der Waals surface area contributed by atoms with Crippen molar-refractivity contribution in [1.82, 2.24) is 14.6 Å². The summed E-state index contributed by atoms with van der Waals surface area (Å²) in [6, 6.07) is 15.9. The molecule has 5 heterocycles. The minimum Gasteiger partial charge on any atom is -0.490 e. The lowest BCUT2D eigenvalue weighted by atomic mass is 9.92. The molecule has 0 amide bonds. The van der Waals surface area contributed by atoms with Crippen molar-refractivity contribution in [2.75, 3.05) is 24.6 Å². The SMILES string of the molecule is Cc1nc2cc3nn2c(c1[C@H](OC(C)(C)C)C(=O)O)N1CCC(C)(CC1)OCCCC[C@H](C)Oc1cc(Cl)ccc1-c1cccc-3c1. The van der Waals surface area contributed by atoms with Crippen LogP contribution >= 0.6 is 11.6 Å². The lowest BCUT2D eigenvalue weighted by molar-refractivity contribution is -0.160. The molecule has 0 unspecified atom stereocenters. The quantitative estimate of drug-likeness (QED) is 0.234. The van der Waals surface area contributed by atoms with E-state index in [9.17, 15) is 9.90 Å². The number of aliphatic carboxylic acids is 1. The van der Waals surface area contributed by atoms with Gasteiger partial charge in [0.05, 0.1) is 28.6 Å². The number of fused-ring (bicyclic) bond motifs is 8. The fourth-order valence-corrected chi connectivity index (χ4v) is 6.76. The smallest absolute Gasteiger partial charge is 0.337 e. The van der Waals surface area contributed by atoms with Gasteiger partial charge in [-0.3, -0.25) is 0 Å². The molecule has 0 saturated carbocycles. The molecule has 0 aliphatic carbocycles. The summed E-state index contributed by atoms with van der Waals surface area (Å²) in [5, 5.41) is 16.2. The van der Waals surface area contributed by atoms with Gasteiger partial charge in [-0.05, 0) is 103 Å². The molecule has 2 aromatic carbocycles. The number of piperidine rings is 1. The van der Waals surface area contributed by atoms with E-state index in [1.807, 2.05) is 64.1 Å². The predicted molar refractivity (Wildman–Crippen MR) is 185 cm³/mol. The molecule has 1 fully saturated rings. The van der Waals surface area contributed by atoms with Crippen LogP contribution in [0.1, 0.15) is 84.1 Å². The van der Waals surface area contributed by atoms with Crippen molar-refractivity contribution in [2.24, 2.45) is 0 Å². The van der Waals surface area contributed by atoms with Gasteiger partial charge in [-0.2, -0.15) is 9.61 Å². The molecular weight excluding hydrogens is 616 g/mol. The molecule has 2 aromatic heterocycles. The Morgan fingerprint density at radius 2 is 1.85 bits per heavy atom. The summed E-state index contributed by atoms with van der Waals surface area (Å²) in [5.74, 6) is 0.376. The zero-order valence-electron chi connectivity index (χ0n) is 28.2. The topological polar surface area (TPSA) is 98.4 Å². The fraction of sp³-hybridized carbons (Fsp3) is 0.486. The number of hydrogen-bond donors (Lipinski definition) is 1. The summed E-state index contributed by atoms with van der Waals surface area (Å²) in [4.78, 5) is 19.9. The van der Waals surface area contributed by atoms with E-state index >= 15 is 0 Å². The van der Waals surface area contributed by atoms with E-state index in [1.54, 1.807) is 4.52 Å². The zero-order chi connectivity index (χ0) is 33.5. The Hall–Kier alpha value is -3.66. The van der Waals surface area contributed by atoms with E-state index < -0.39 is 17.7 Å². The Morgan fingerprint density at radius 3 is 2.57 bits per heavy atom. The van der Waals surface area contributed by atoms with Crippen LogP contribution in [0.2, 0.25) is 5.02 Å². The third-order valence-corrected chi connectivity index (χ3v) is 9.31. The molecule has 6 bridgehead atoms. The van der Waals surface area contributed by atoms with Gasteiger partial charge in [0.15, 0.2) is 11.8 Å². The lowest BCUT2D eigenvalue weighted by Gasteiger charge is -2.41. The lowest BCUT2D eigenvalue weighted by Crippen LogP contribution is -2.46. The van der Waals surface area contributed by atoms with E-state index in [1.165, 1.54) is 0 Å². The Balaban J connectivity index is 1.53. The first-order valence-corrected chi connectivity index (χ1v) is 16.9. The first kappa shape index (κ1) is 33.2. The van der Waals surface area contributed by atoms with E-state index in [2.05, 4.69) is 30.9 Å². The van der Waals surface area contributed by atoms with Crippen LogP contribution < -0.4 is 9.64 Å². The van der Waals surface area contributed by atoms with Crippen molar-refractivity contribution in [3.8, 4) is 28.1 Å². The number of rotatable bonds is 3. The molecule has 3 aliphatic rings. The van der Waals surface area contributed by atoms with E-state index in [-0.39, 0.29) is 11.7 Å². The number of nitrogens with zero attached hydrogens (tertiary/aromatic N) is 4. The summed E-state index contributed by atoms with van der Waals surface area (Å²) in [6.45, 7) is 13.8. The maximum atomic E-state index is 12.8. The van der Waals surface area contributed by atoms with Gasteiger partial charge in [-0.1, -0.05) is 29.8 Å². The maximum absolute atomic E-state index is 12.8. The molecule has 1 saturated heterocycles. The number of carbonyl (C=O) groups is 1. The molecule has 0 radical (unpaired) electrons. The van der Waals surface area contributed by atoms with Gasteiger partial charge in [-0.25, -0.2) is 9.78 Å². The molecule has 47 heavy (non-hydrogen) atoms. The van der Waals surface area contributed by atoms with E-state index in [4.69, 9.17) is 35.9 Å². The molecule has 0 spiro atoms. The molecule has 4 aromatic rings. The highest BCUT2D eigenvalue weighted by atomic mass is 35.5. The number of halogens is 1. The number of carboxylic acids is 1. The summed E-state index contributed by atoms with van der Waals surface area (Å²) in [6.07, 6.45) is 3.19. The highest BCUT2D eigenvalue weighted by Crippen LogP contribution is 2.40. The van der Waals surface area contributed by atoms with Gasteiger partial charge >= 0.3 is 5.97 Å². The first-order chi connectivity index (χ1) is 22.3. The van der Waals surface area contributed by atoms with E-state index in [0.29, 0.717) is 47.4 Å². The van der Waals surface area contributed by atoms with Crippen molar-refractivity contribution < 1.29 is 24.1 Å². The molecule has 250 valence electrons. The zero-order valence-corrected chi connectivity index (χ0v) is 28.9. The van der Waals surface area contributed by atoms with E-state index in [0.717, 1.165) is 60.2 Å². The molecule has 10 heteroatoms. The Kier molecular flexibility index (Phi) is 9.26. The summed E-state index contributed by atoms with van der Waals surface area (Å²) in [5.41, 5.74) is 4.34. The molecule has 7 rings (SSSR count). The Labute approximate surface area is 281 Å². The van der Waals surface area contributed by atoms with Crippen molar-refractivity contribution in [2.45, 2.75) is 97.1 Å². The average molecular weight is 661 g/mol. The van der Waals surface area contributed by atoms with Crippen molar-refractivity contribution in [3.05, 3.63) is 64.8 Å². The number of ether oxygens (including phenoxy) is 3. The van der Waals surface area contributed by atoms with Crippen LogP contribution in [0, 0.1) is 6.92 Å². The highest BCUT2D eigenvalue weighted by Gasteiger charge is 2.38. The fourth-order valence-electron chi connectivity index (χ4n) is 6.60. The van der Waals surface area contributed by atoms with Crippen molar-refractivity contribution in [3.63, 3.8) is 0 Å². The average Bonchev–Trinajstić information content (AvgIpc) is 3.43. The number of carboxylic acid groups (broad SMARTS) is 1. The third kappa shape index (κ3) is 7.27. The Morgan fingerprint density at radius 1 is 1.11 bits per heavy atom. The van der Waals surface area contributed by atoms with Gasteiger partial charge in [-0.15, -0.1) is 0 Å². The minimum absolute atomic E-state index is 0.0112. The highest BCUT2D eigenvalue weighted by molar-refractivity contribution is 6.30. The third-order valence-electron chi connectivity index (χ3n) is 9.08. The summed E-state index contributed by atoms with van der Waals surface area (Å²) >= 11 is 6.44. The second-order valence-corrected chi connectivity index (χ2v) is 14.5. The number of benzene rings is 2. The minimum atomic E-state index is -1.22. The van der Waals surface area contributed by atoms with Crippen LogP contribution in [0.15, 0.2) is 48.5 Å². The van der Waals surface area contributed by atoms with Crippen LogP contribution in [0.5, 0.6) is 5.75 Å². The van der Waals surface area contributed by atoms with Gasteiger partial charge < -0.3 is 24.2 Å². The molecule has 1 N–H and O–H groups in total. The van der Waals surface area contributed by atoms with Crippen LogP contribution in [-0.4, -0.2) is 62.7 Å². The van der Waals surface area contributed by atoms with Crippen LogP contribution in [-0.2, 0) is 14.3 Å². The van der Waals surface area contributed by atoms with Gasteiger partial charge in [0.25, 0.3) is 0 Å². The van der Waals surface area contributed by atoms with Gasteiger partial charge in [0.1, 0.15) is 11.6 Å². The number of hydrogen-bond acceptors (Lipinski definition) is 7. The number of aromatic nitrogens is 3. The number of anilines is 1. The molecule has 3 aliphatic heterocycles. The van der Waals surface area contributed by atoms with Crippen LogP contribution in [0.3, 0.4) is 0 Å².